The summed E-state index contributed by atoms with van der Waals surface area (Å²) >= 11 is 0. The van der Waals surface area contributed by atoms with Crippen molar-refractivity contribution in [2.24, 2.45) is 5.41 Å². The number of unbranched alkanes of at least 4 members (excludes halogenated alkanes) is 13. The summed E-state index contributed by atoms with van der Waals surface area (Å²) in [7, 11) is 6.10. The van der Waals surface area contributed by atoms with Crippen LogP contribution in [0.25, 0.3) is 0 Å². The Balaban J connectivity index is 4.10. The molecule has 1 N–H and O–H groups in total. The van der Waals surface area contributed by atoms with E-state index in [1.165, 1.54) is 83.5 Å². The van der Waals surface area contributed by atoms with Crippen molar-refractivity contribution < 1.29 is 14.4 Å². The first-order valence-electron chi connectivity index (χ1n) is 12.7. The van der Waals surface area contributed by atoms with E-state index in [1.54, 1.807) is 0 Å². The lowest BCUT2D eigenvalue weighted by Crippen LogP contribution is -2.58. The van der Waals surface area contributed by atoms with Gasteiger partial charge in [-0.25, -0.2) is 4.79 Å². The fourth-order valence-corrected chi connectivity index (χ4v) is 5.09. The van der Waals surface area contributed by atoms with E-state index in [2.05, 4.69) is 20.8 Å². The molecule has 0 fully saturated rings. The molecule has 0 aromatic rings. The topological polar surface area (TPSA) is 37.3 Å². The number of rotatable bonds is 20. The number of carbonyl (C=O) groups is 1. The highest BCUT2D eigenvalue weighted by Crippen LogP contribution is 2.38. The molecule has 3 heteroatoms. The SMILES string of the molecule is CCCCCCCCCCCCCCCC(C)(CCCC)C(C(=O)O)[N+](C)(C)C. The number of hydrogen-bond donors (Lipinski definition) is 1. The highest BCUT2D eigenvalue weighted by molar-refractivity contribution is 5.73. The number of quaternary nitrogens is 1. The molecular formula is C26H54NO2+. The lowest BCUT2D eigenvalue weighted by atomic mass is 9.72. The molecule has 0 aromatic heterocycles. The summed E-state index contributed by atoms with van der Waals surface area (Å²) in [6.07, 6.45) is 22.0. The molecule has 0 amide bonds. The number of aliphatic carboxylic acids is 1. The van der Waals surface area contributed by atoms with Gasteiger partial charge in [0.2, 0.25) is 0 Å². The Hall–Kier alpha value is -0.570. The normalized spacial score (nSPS) is 15.2. The average Bonchev–Trinajstić information content (AvgIpc) is 2.62. The van der Waals surface area contributed by atoms with Gasteiger partial charge in [-0.15, -0.1) is 0 Å². The van der Waals surface area contributed by atoms with Gasteiger partial charge in [0.05, 0.1) is 21.1 Å². The molecule has 0 saturated heterocycles. The van der Waals surface area contributed by atoms with Crippen molar-refractivity contribution in [3.63, 3.8) is 0 Å². The van der Waals surface area contributed by atoms with Gasteiger partial charge in [0.15, 0.2) is 6.04 Å². The molecule has 3 nitrogen and oxygen atoms in total. The zero-order valence-electron chi connectivity index (χ0n) is 20.9. The van der Waals surface area contributed by atoms with E-state index in [1.807, 2.05) is 21.1 Å². The highest BCUT2D eigenvalue weighted by Gasteiger charge is 2.47. The number of carboxylic acid groups (broad SMARTS) is 1. The Labute approximate surface area is 183 Å². The maximum absolute atomic E-state index is 12.1. The predicted octanol–water partition coefficient (Wildman–Crippen LogP) is 7.82. The van der Waals surface area contributed by atoms with E-state index in [4.69, 9.17) is 0 Å². The molecule has 0 aliphatic carbocycles. The summed E-state index contributed by atoms with van der Waals surface area (Å²) in [6, 6.07) is -0.327. The Bertz CT molecular complexity index is 402. The van der Waals surface area contributed by atoms with Gasteiger partial charge in [0, 0.05) is 5.41 Å². The molecule has 0 heterocycles. The fraction of sp³-hybridized carbons (Fsp3) is 0.962. The maximum atomic E-state index is 12.1. The van der Waals surface area contributed by atoms with E-state index >= 15 is 0 Å². The van der Waals surface area contributed by atoms with Crippen molar-refractivity contribution in [1.29, 1.82) is 0 Å². The van der Waals surface area contributed by atoms with Crippen LogP contribution in [0.5, 0.6) is 0 Å². The van der Waals surface area contributed by atoms with Gasteiger partial charge in [-0.1, -0.05) is 117 Å². The molecule has 0 saturated carbocycles. The first kappa shape index (κ1) is 28.4. The van der Waals surface area contributed by atoms with Crippen molar-refractivity contribution in [3.05, 3.63) is 0 Å². The molecule has 0 aromatic carbocycles. The van der Waals surface area contributed by atoms with Crippen LogP contribution in [0.4, 0.5) is 0 Å². The number of hydrogen-bond acceptors (Lipinski definition) is 1. The molecule has 0 rings (SSSR count). The molecular weight excluding hydrogens is 358 g/mol. The summed E-state index contributed by atoms with van der Waals surface area (Å²) in [5.41, 5.74) is -0.113. The van der Waals surface area contributed by atoms with Gasteiger partial charge in [0.1, 0.15) is 0 Å². The zero-order chi connectivity index (χ0) is 22.2. The molecule has 2 atom stereocenters. The summed E-state index contributed by atoms with van der Waals surface area (Å²) in [4.78, 5) is 12.1. The van der Waals surface area contributed by atoms with Crippen LogP contribution >= 0.6 is 0 Å². The molecule has 0 radical (unpaired) electrons. The third-order valence-electron chi connectivity index (χ3n) is 6.62. The average molecular weight is 413 g/mol. The van der Waals surface area contributed by atoms with E-state index in [0.29, 0.717) is 4.48 Å². The minimum Gasteiger partial charge on any atom is -0.477 e. The lowest BCUT2D eigenvalue weighted by molar-refractivity contribution is -0.895. The second kappa shape index (κ2) is 16.2. The molecule has 0 aliphatic heterocycles. The maximum Gasteiger partial charge on any atom is 0.363 e. The monoisotopic (exact) mass is 412 g/mol. The summed E-state index contributed by atoms with van der Waals surface area (Å²) < 4.78 is 0.508. The standard InChI is InChI=1S/C26H53NO2/c1-7-9-11-12-13-14-15-16-17-18-19-20-21-23-26(3,22-10-8-2)24(25(28)29)27(4,5)6/h24H,7-23H2,1-6H3/p+1. The van der Waals surface area contributed by atoms with Crippen molar-refractivity contribution in [3.8, 4) is 0 Å². The number of nitrogens with zero attached hydrogens (tertiary/aromatic N) is 1. The first-order valence-corrected chi connectivity index (χ1v) is 12.7. The smallest absolute Gasteiger partial charge is 0.363 e. The largest absolute Gasteiger partial charge is 0.477 e. The fourth-order valence-electron chi connectivity index (χ4n) is 5.09. The molecule has 0 aliphatic rings. The van der Waals surface area contributed by atoms with Gasteiger partial charge in [-0.05, 0) is 12.8 Å². The molecule has 174 valence electrons. The van der Waals surface area contributed by atoms with Crippen molar-refractivity contribution in [1.82, 2.24) is 0 Å². The van der Waals surface area contributed by atoms with Gasteiger partial charge in [0.25, 0.3) is 0 Å². The third-order valence-corrected chi connectivity index (χ3v) is 6.62. The molecule has 2 unspecified atom stereocenters. The number of likely N-dealkylation sites (N-methyl/N-ethyl adjacent to an activating group) is 1. The van der Waals surface area contributed by atoms with Gasteiger partial charge >= 0.3 is 5.97 Å². The summed E-state index contributed by atoms with van der Waals surface area (Å²) in [6.45, 7) is 6.71. The second-order valence-corrected chi connectivity index (χ2v) is 10.6. The summed E-state index contributed by atoms with van der Waals surface area (Å²) in [5.74, 6) is -0.634. The van der Waals surface area contributed by atoms with E-state index in [0.717, 1.165) is 25.7 Å². The number of carboxylic acids is 1. The third kappa shape index (κ3) is 13.4. The van der Waals surface area contributed by atoms with E-state index in [-0.39, 0.29) is 11.5 Å². The van der Waals surface area contributed by atoms with E-state index in [9.17, 15) is 9.90 Å². The minimum absolute atomic E-state index is 0.113. The van der Waals surface area contributed by atoms with Crippen molar-refractivity contribution in [2.45, 2.75) is 136 Å². The Morgan fingerprint density at radius 1 is 0.690 bits per heavy atom. The Morgan fingerprint density at radius 2 is 1.03 bits per heavy atom. The minimum atomic E-state index is -0.634. The Morgan fingerprint density at radius 3 is 1.38 bits per heavy atom. The second-order valence-electron chi connectivity index (χ2n) is 10.6. The van der Waals surface area contributed by atoms with Crippen LogP contribution in [0.3, 0.4) is 0 Å². The van der Waals surface area contributed by atoms with Gasteiger partial charge in [-0.3, -0.25) is 0 Å². The van der Waals surface area contributed by atoms with Crippen LogP contribution in [0.15, 0.2) is 0 Å². The van der Waals surface area contributed by atoms with Crippen LogP contribution in [-0.4, -0.2) is 42.7 Å². The van der Waals surface area contributed by atoms with E-state index < -0.39 is 5.97 Å². The van der Waals surface area contributed by atoms with Crippen molar-refractivity contribution in [2.75, 3.05) is 21.1 Å². The lowest BCUT2D eigenvalue weighted by Gasteiger charge is -2.43. The van der Waals surface area contributed by atoms with Crippen LogP contribution in [-0.2, 0) is 4.79 Å². The van der Waals surface area contributed by atoms with Crippen LogP contribution in [0.1, 0.15) is 130 Å². The highest BCUT2D eigenvalue weighted by atomic mass is 16.4. The summed E-state index contributed by atoms with van der Waals surface area (Å²) in [5, 5.41) is 9.93. The van der Waals surface area contributed by atoms with Gasteiger partial charge in [-0.2, -0.15) is 0 Å². The van der Waals surface area contributed by atoms with Crippen LogP contribution < -0.4 is 0 Å². The first-order chi connectivity index (χ1) is 13.7. The van der Waals surface area contributed by atoms with Crippen LogP contribution in [0, 0.1) is 5.41 Å². The molecule has 29 heavy (non-hydrogen) atoms. The predicted molar refractivity (Wildman–Crippen MR) is 127 cm³/mol. The quantitative estimate of drug-likeness (QED) is 0.163. The van der Waals surface area contributed by atoms with Crippen molar-refractivity contribution >= 4 is 5.97 Å². The molecule has 0 spiro atoms. The molecule has 0 bridgehead atoms. The van der Waals surface area contributed by atoms with Crippen LogP contribution in [0.2, 0.25) is 0 Å². The van der Waals surface area contributed by atoms with Gasteiger partial charge < -0.3 is 9.59 Å². The Kier molecular flexibility index (Phi) is 15.8. The zero-order valence-corrected chi connectivity index (χ0v) is 20.9.